The van der Waals surface area contributed by atoms with E-state index < -0.39 is 5.97 Å². The molecular weight excluding hydrogens is 214 g/mol. The summed E-state index contributed by atoms with van der Waals surface area (Å²) in [6.45, 7) is 6.51. The van der Waals surface area contributed by atoms with Crippen molar-refractivity contribution in [1.29, 1.82) is 0 Å². The molecule has 1 unspecified atom stereocenters. The fourth-order valence-electron chi connectivity index (χ4n) is 4.17. The van der Waals surface area contributed by atoms with Crippen LogP contribution in [-0.2, 0) is 4.79 Å². The van der Waals surface area contributed by atoms with Gasteiger partial charge in [-0.05, 0) is 36.6 Å². The number of carbonyl (C=O) groups is 1. The molecule has 2 aliphatic rings. The summed E-state index contributed by atoms with van der Waals surface area (Å²) in [5, 5.41) is 9.58. The predicted molar refractivity (Wildman–Crippen MR) is 67.4 cm³/mol. The number of nitrogens with two attached hydrogens (primary N) is 1. The molecule has 0 saturated heterocycles. The number of fused-ring (bicyclic) bond motifs is 1. The number of hydrogen-bond acceptors (Lipinski definition) is 2. The van der Waals surface area contributed by atoms with Crippen molar-refractivity contribution in [3.63, 3.8) is 0 Å². The van der Waals surface area contributed by atoms with E-state index >= 15 is 0 Å². The Labute approximate surface area is 103 Å². The van der Waals surface area contributed by atoms with Gasteiger partial charge in [0.1, 0.15) is 0 Å². The summed E-state index contributed by atoms with van der Waals surface area (Å²) in [6.07, 6.45) is 6.45. The molecule has 96 valence electrons. The molecule has 2 rings (SSSR count). The number of carboxylic acids is 1. The van der Waals surface area contributed by atoms with Crippen LogP contribution >= 0.6 is 0 Å². The molecule has 2 aliphatic carbocycles. The molecule has 0 amide bonds. The highest BCUT2D eigenvalue weighted by Crippen LogP contribution is 2.62. The van der Waals surface area contributed by atoms with Crippen LogP contribution in [0.2, 0.25) is 0 Å². The standard InChI is InChI=1S/C14H23NO2/c1-13(2,3)11(12(16)17)14(8-15)7-9-5-4-6-10(9)14/h4,6,9-11H,5,7-8,15H2,1-3H3,(H,16,17)/t9-,10-,11?,14-/m0/s1. The van der Waals surface area contributed by atoms with Gasteiger partial charge < -0.3 is 10.8 Å². The van der Waals surface area contributed by atoms with Crippen molar-refractivity contribution in [1.82, 2.24) is 0 Å². The minimum absolute atomic E-state index is 0.220. The highest BCUT2D eigenvalue weighted by molar-refractivity contribution is 5.72. The molecule has 0 aromatic rings. The molecule has 0 bridgehead atoms. The summed E-state index contributed by atoms with van der Waals surface area (Å²) < 4.78 is 0. The van der Waals surface area contributed by atoms with Crippen LogP contribution in [0.5, 0.6) is 0 Å². The van der Waals surface area contributed by atoms with Crippen molar-refractivity contribution in [2.45, 2.75) is 33.6 Å². The van der Waals surface area contributed by atoms with Crippen molar-refractivity contribution in [3.05, 3.63) is 12.2 Å². The minimum Gasteiger partial charge on any atom is -0.481 e. The first kappa shape index (κ1) is 12.6. The average Bonchev–Trinajstić information content (AvgIpc) is 2.54. The molecule has 3 N–H and O–H groups in total. The number of rotatable bonds is 3. The van der Waals surface area contributed by atoms with Gasteiger partial charge in [0.15, 0.2) is 0 Å². The Balaban J connectivity index is 2.34. The Hall–Kier alpha value is -0.830. The topological polar surface area (TPSA) is 63.3 Å². The van der Waals surface area contributed by atoms with Gasteiger partial charge in [0.05, 0.1) is 5.92 Å². The highest BCUT2D eigenvalue weighted by atomic mass is 16.4. The van der Waals surface area contributed by atoms with E-state index in [-0.39, 0.29) is 16.7 Å². The number of allylic oxidation sites excluding steroid dienone is 2. The van der Waals surface area contributed by atoms with Crippen LogP contribution < -0.4 is 5.73 Å². The van der Waals surface area contributed by atoms with E-state index in [1.165, 1.54) is 0 Å². The van der Waals surface area contributed by atoms with Gasteiger partial charge in [0, 0.05) is 5.41 Å². The van der Waals surface area contributed by atoms with Crippen molar-refractivity contribution in [2.75, 3.05) is 6.54 Å². The normalized spacial score (nSPS) is 37.4. The molecule has 0 radical (unpaired) electrons. The van der Waals surface area contributed by atoms with Gasteiger partial charge in [-0.25, -0.2) is 0 Å². The third kappa shape index (κ3) is 1.71. The molecule has 0 aliphatic heterocycles. The molecular formula is C14H23NO2. The van der Waals surface area contributed by atoms with Gasteiger partial charge in [-0.15, -0.1) is 0 Å². The Morgan fingerprint density at radius 2 is 2.24 bits per heavy atom. The summed E-state index contributed by atoms with van der Waals surface area (Å²) in [6, 6.07) is 0. The zero-order valence-electron chi connectivity index (χ0n) is 10.9. The molecule has 1 saturated carbocycles. The Morgan fingerprint density at radius 3 is 2.65 bits per heavy atom. The summed E-state index contributed by atoms with van der Waals surface area (Å²) >= 11 is 0. The largest absolute Gasteiger partial charge is 0.481 e. The fraction of sp³-hybridized carbons (Fsp3) is 0.786. The average molecular weight is 237 g/mol. The predicted octanol–water partition coefficient (Wildman–Crippen LogP) is 2.27. The second kappa shape index (κ2) is 3.84. The minimum atomic E-state index is -0.693. The molecule has 0 aromatic carbocycles. The molecule has 17 heavy (non-hydrogen) atoms. The molecule has 3 heteroatoms. The smallest absolute Gasteiger partial charge is 0.307 e. The highest BCUT2D eigenvalue weighted by Gasteiger charge is 2.61. The van der Waals surface area contributed by atoms with E-state index in [1.807, 2.05) is 20.8 Å². The van der Waals surface area contributed by atoms with Crippen molar-refractivity contribution < 1.29 is 9.90 Å². The van der Waals surface area contributed by atoms with Crippen LogP contribution in [0.15, 0.2) is 12.2 Å². The second-order valence-electron chi connectivity index (χ2n) is 6.73. The third-order valence-electron chi connectivity index (χ3n) is 4.66. The lowest BCUT2D eigenvalue weighted by atomic mass is 9.46. The Morgan fingerprint density at radius 1 is 1.59 bits per heavy atom. The zero-order valence-corrected chi connectivity index (χ0v) is 10.9. The lowest BCUT2D eigenvalue weighted by Crippen LogP contribution is -2.59. The lowest BCUT2D eigenvalue weighted by Gasteiger charge is -2.58. The Kier molecular flexibility index (Phi) is 2.85. The summed E-state index contributed by atoms with van der Waals surface area (Å²) in [5.74, 6) is -0.0266. The van der Waals surface area contributed by atoms with E-state index in [2.05, 4.69) is 12.2 Å². The van der Waals surface area contributed by atoms with Gasteiger partial charge >= 0.3 is 5.97 Å². The van der Waals surface area contributed by atoms with Crippen LogP contribution in [0.3, 0.4) is 0 Å². The second-order valence-corrected chi connectivity index (χ2v) is 6.73. The van der Waals surface area contributed by atoms with E-state index in [9.17, 15) is 9.90 Å². The van der Waals surface area contributed by atoms with Crippen LogP contribution in [0.25, 0.3) is 0 Å². The molecule has 1 fully saturated rings. The maximum absolute atomic E-state index is 11.7. The van der Waals surface area contributed by atoms with Gasteiger partial charge in [-0.3, -0.25) is 4.79 Å². The monoisotopic (exact) mass is 237 g/mol. The van der Waals surface area contributed by atoms with E-state index in [0.717, 1.165) is 12.8 Å². The molecule has 0 aromatic heterocycles. The van der Waals surface area contributed by atoms with Crippen LogP contribution in [0.1, 0.15) is 33.6 Å². The number of carboxylic acid groups (broad SMARTS) is 1. The summed E-state index contributed by atoms with van der Waals surface area (Å²) in [4.78, 5) is 11.7. The fourth-order valence-corrected chi connectivity index (χ4v) is 4.17. The lowest BCUT2D eigenvalue weighted by molar-refractivity contribution is -0.166. The van der Waals surface area contributed by atoms with Crippen LogP contribution in [0.4, 0.5) is 0 Å². The van der Waals surface area contributed by atoms with Crippen molar-refractivity contribution >= 4 is 5.97 Å². The van der Waals surface area contributed by atoms with Gasteiger partial charge in [-0.2, -0.15) is 0 Å². The van der Waals surface area contributed by atoms with Crippen LogP contribution in [0, 0.1) is 28.6 Å². The Bertz CT molecular complexity index is 356. The molecule has 3 nitrogen and oxygen atoms in total. The molecule has 0 spiro atoms. The van der Waals surface area contributed by atoms with Crippen molar-refractivity contribution in [2.24, 2.45) is 34.3 Å². The molecule has 0 heterocycles. The van der Waals surface area contributed by atoms with E-state index in [0.29, 0.717) is 18.4 Å². The maximum atomic E-state index is 11.7. The van der Waals surface area contributed by atoms with Crippen LogP contribution in [-0.4, -0.2) is 17.6 Å². The third-order valence-corrected chi connectivity index (χ3v) is 4.66. The first-order chi connectivity index (χ1) is 7.83. The van der Waals surface area contributed by atoms with Crippen molar-refractivity contribution in [3.8, 4) is 0 Å². The first-order valence-corrected chi connectivity index (χ1v) is 6.42. The van der Waals surface area contributed by atoms with Gasteiger partial charge in [0.2, 0.25) is 0 Å². The zero-order chi connectivity index (χ0) is 12.8. The van der Waals surface area contributed by atoms with E-state index in [4.69, 9.17) is 5.73 Å². The first-order valence-electron chi connectivity index (χ1n) is 6.42. The summed E-state index contributed by atoms with van der Waals surface area (Å²) in [7, 11) is 0. The number of hydrogen-bond donors (Lipinski definition) is 2. The van der Waals surface area contributed by atoms with Gasteiger partial charge in [-0.1, -0.05) is 32.9 Å². The summed E-state index contributed by atoms with van der Waals surface area (Å²) in [5.41, 5.74) is 5.50. The maximum Gasteiger partial charge on any atom is 0.307 e. The SMILES string of the molecule is CC(C)(C)C(C(=O)O)[C@]1(CN)C[C@@H]2CC=C[C@@H]21. The quantitative estimate of drug-likeness (QED) is 0.740. The van der Waals surface area contributed by atoms with Gasteiger partial charge in [0.25, 0.3) is 0 Å². The van der Waals surface area contributed by atoms with E-state index in [1.54, 1.807) is 0 Å². The number of aliphatic carboxylic acids is 1. The molecule has 4 atom stereocenters.